The van der Waals surface area contributed by atoms with Crippen LogP contribution < -0.4 is 4.74 Å². The van der Waals surface area contributed by atoms with Gasteiger partial charge in [-0.25, -0.2) is 0 Å². The molecule has 0 bridgehead atoms. The molecule has 102 valence electrons. The van der Waals surface area contributed by atoms with Gasteiger partial charge in [-0.3, -0.25) is 4.79 Å². The van der Waals surface area contributed by atoms with Crippen LogP contribution in [0.25, 0.3) is 6.08 Å². The lowest BCUT2D eigenvalue weighted by atomic mass is 10.1. The standard InChI is InChI=1S/C18H18O2/c1-3-20-18-7-5-4-6-16(18)12-13-17(19)15-10-8-14(2)9-11-15/h4-13H,3H2,1-2H3/b13-12+. The number of benzene rings is 2. The molecule has 0 heterocycles. The summed E-state index contributed by atoms with van der Waals surface area (Å²) in [4.78, 5) is 12.1. The number of ether oxygens (including phenoxy) is 1. The Balaban J connectivity index is 2.17. The summed E-state index contributed by atoms with van der Waals surface area (Å²) in [5.41, 5.74) is 2.75. The van der Waals surface area contributed by atoms with Gasteiger partial charge in [-0.05, 0) is 32.1 Å². The van der Waals surface area contributed by atoms with Crippen LogP contribution in [0.2, 0.25) is 0 Å². The zero-order valence-corrected chi connectivity index (χ0v) is 11.8. The fraction of sp³-hybridized carbons (Fsp3) is 0.167. The van der Waals surface area contributed by atoms with Gasteiger partial charge < -0.3 is 4.74 Å². The Morgan fingerprint density at radius 3 is 2.50 bits per heavy atom. The van der Waals surface area contributed by atoms with Crippen molar-refractivity contribution in [2.75, 3.05) is 6.61 Å². The number of carbonyl (C=O) groups is 1. The van der Waals surface area contributed by atoms with Gasteiger partial charge in [0.1, 0.15) is 5.75 Å². The van der Waals surface area contributed by atoms with Gasteiger partial charge in [0, 0.05) is 11.1 Å². The third-order valence-electron chi connectivity index (χ3n) is 2.97. The van der Waals surface area contributed by atoms with Crippen LogP contribution in [-0.4, -0.2) is 12.4 Å². The second-order valence-corrected chi connectivity index (χ2v) is 4.53. The molecule has 0 fully saturated rings. The summed E-state index contributed by atoms with van der Waals surface area (Å²) in [6, 6.07) is 15.3. The van der Waals surface area contributed by atoms with Crippen LogP contribution in [-0.2, 0) is 0 Å². The summed E-state index contributed by atoms with van der Waals surface area (Å²) in [7, 11) is 0. The van der Waals surface area contributed by atoms with Gasteiger partial charge in [-0.15, -0.1) is 0 Å². The Morgan fingerprint density at radius 1 is 1.10 bits per heavy atom. The summed E-state index contributed by atoms with van der Waals surface area (Å²) in [6.07, 6.45) is 3.38. The van der Waals surface area contributed by atoms with E-state index in [1.165, 1.54) is 0 Å². The van der Waals surface area contributed by atoms with Crippen LogP contribution >= 0.6 is 0 Å². The molecular weight excluding hydrogens is 248 g/mol. The van der Waals surface area contributed by atoms with Crippen LogP contribution in [0, 0.1) is 6.92 Å². The van der Waals surface area contributed by atoms with E-state index < -0.39 is 0 Å². The van der Waals surface area contributed by atoms with Crippen molar-refractivity contribution in [3.8, 4) is 5.75 Å². The highest BCUT2D eigenvalue weighted by Crippen LogP contribution is 2.19. The molecule has 2 nitrogen and oxygen atoms in total. The minimum atomic E-state index is -0.00342. The summed E-state index contributed by atoms with van der Waals surface area (Å²) in [5, 5.41) is 0. The molecular formula is C18H18O2. The first-order valence-corrected chi connectivity index (χ1v) is 6.71. The number of hydrogen-bond donors (Lipinski definition) is 0. The van der Waals surface area contributed by atoms with E-state index in [4.69, 9.17) is 4.74 Å². The van der Waals surface area contributed by atoms with Crippen molar-refractivity contribution in [2.24, 2.45) is 0 Å². The van der Waals surface area contributed by atoms with Crippen molar-refractivity contribution in [3.05, 3.63) is 71.3 Å². The molecule has 0 saturated heterocycles. The Kier molecular flexibility index (Phi) is 4.72. The first-order valence-electron chi connectivity index (χ1n) is 6.71. The molecule has 0 saturated carbocycles. The number of rotatable bonds is 5. The van der Waals surface area contributed by atoms with Gasteiger partial charge >= 0.3 is 0 Å². The summed E-state index contributed by atoms with van der Waals surface area (Å²) in [6.45, 7) is 4.55. The van der Waals surface area contributed by atoms with Gasteiger partial charge in [0.05, 0.1) is 6.61 Å². The minimum absolute atomic E-state index is 0.00342. The molecule has 0 aliphatic carbocycles. The molecule has 20 heavy (non-hydrogen) atoms. The van der Waals surface area contributed by atoms with E-state index in [2.05, 4.69) is 0 Å². The first kappa shape index (κ1) is 14.1. The lowest BCUT2D eigenvalue weighted by molar-refractivity contribution is 0.104. The van der Waals surface area contributed by atoms with Crippen molar-refractivity contribution in [2.45, 2.75) is 13.8 Å². The number of para-hydroxylation sites is 1. The van der Waals surface area contributed by atoms with E-state index in [0.717, 1.165) is 16.9 Å². The normalized spacial score (nSPS) is 10.7. The van der Waals surface area contributed by atoms with Gasteiger partial charge in [-0.2, -0.15) is 0 Å². The second kappa shape index (κ2) is 6.71. The minimum Gasteiger partial charge on any atom is -0.493 e. The third kappa shape index (κ3) is 3.58. The Labute approximate surface area is 119 Å². The lowest BCUT2D eigenvalue weighted by Crippen LogP contribution is -1.95. The van der Waals surface area contributed by atoms with Gasteiger partial charge in [-0.1, -0.05) is 48.0 Å². The molecule has 0 aliphatic rings. The summed E-state index contributed by atoms with van der Waals surface area (Å²) in [5.74, 6) is 0.791. The zero-order chi connectivity index (χ0) is 14.4. The molecule has 0 amide bonds. The molecule has 0 N–H and O–H groups in total. The zero-order valence-electron chi connectivity index (χ0n) is 11.8. The molecule has 2 aromatic carbocycles. The van der Waals surface area contributed by atoms with E-state index >= 15 is 0 Å². The maximum absolute atomic E-state index is 12.1. The fourth-order valence-corrected chi connectivity index (χ4v) is 1.88. The molecule has 0 aromatic heterocycles. The SMILES string of the molecule is CCOc1ccccc1/C=C/C(=O)c1ccc(C)cc1. The van der Waals surface area contributed by atoms with E-state index in [-0.39, 0.29) is 5.78 Å². The summed E-state index contributed by atoms with van der Waals surface area (Å²) < 4.78 is 5.53. The van der Waals surface area contributed by atoms with Crippen molar-refractivity contribution in [1.82, 2.24) is 0 Å². The smallest absolute Gasteiger partial charge is 0.185 e. The topological polar surface area (TPSA) is 26.3 Å². The van der Waals surface area contributed by atoms with Crippen LogP contribution in [0.3, 0.4) is 0 Å². The Morgan fingerprint density at radius 2 is 1.80 bits per heavy atom. The average Bonchev–Trinajstić information content (AvgIpc) is 2.47. The van der Waals surface area contributed by atoms with Gasteiger partial charge in [0.2, 0.25) is 0 Å². The summed E-state index contributed by atoms with van der Waals surface area (Å²) >= 11 is 0. The van der Waals surface area contributed by atoms with Crippen molar-refractivity contribution < 1.29 is 9.53 Å². The third-order valence-corrected chi connectivity index (χ3v) is 2.97. The second-order valence-electron chi connectivity index (χ2n) is 4.53. The highest BCUT2D eigenvalue weighted by molar-refractivity contribution is 6.06. The molecule has 0 spiro atoms. The number of hydrogen-bond acceptors (Lipinski definition) is 2. The van der Waals surface area contributed by atoms with Gasteiger partial charge in [0.25, 0.3) is 0 Å². The maximum Gasteiger partial charge on any atom is 0.185 e. The molecule has 0 aliphatic heterocycles. The predicted octanol–water partition coefficient (Wildman–Crippen LogP) is 4.29. The maximum atomic E-state index is 12.1. The van der Waals surface area contributed by atoms with Crippen molar-refractivity contribution in [3.63, 3.8) is 0 Å². The monoisotopic (exact) mass is 266 g/mol. The Bertz CT molecular complexity index is 610. The van der Waals surface area contributed by atoms with Crippen LogP contribution in [0.15, 0.2) is 54.6 Å². The largest absolute Gasteiger partial charge is 0.493 e. The van der Waals surface area contributed by atoms with Crippen molar-refractivity contribution >= 4 is 11.9 Å². The molecule has 0 atom stereocenters. The number of allylic oxidation sites excluding steroid dienone is 1. The highest BCUT2D eigenvalue weighted by atomic mass is 16.5. The number of ketones is 1. The van der Waals surface area contributed by atoms with Crippen LogP contribution in [0.1, 0.15) is 28.4 Å². The molecule has 2 heteroatoms. The van der Waals surface area contributed by atoms with E-state index in [1.807, 2.05) is 62.4 Å². The van der Waals surface area contributed by atoms with Crippen LogP contribution in [0.5, 0.6) is 5.75 Å². The lowest BCUT2D eigenvalue weighted by Gasteiger charge is -2.06. The first-order chi connectivity index (χ1) is 9.70. The molecule has 2 aromatic rings. The number of aryl methyl sites for hydroxylation is 1. The highest BCUT2D eigenvalue weighted by Gasteiger charge is 2.02. The van der Waals surface area contributed by atoms with Crippen molar-refractivity contribution in [1.29, 1.82) is 0 Å². The van der Waals surface area contributed by atoms with E-state index in [1.54, 1.807) is 12.2 Å². The molecule has 2 rings (SSSR count). The average molecular weight is 266 g/mol. The van der Waals surface area contributed by atoms with E-state index in [0.29, 0.717) is 12.2 Å². The molecule has 0 unspecified atom stereocenters. The predicted molar refractivity (Wildman–Crippen MR) is 82.2 cm³/mol. The van der Waals surface area contributed by atoms with E-state index in [9.17, 15) is 4.79 Å². The number of carbonyl (C=O) groups excluding carboxylic acids is 1. The quantitative estimate of drug-likeness (QED) is 0.596. The van der Waals surface area contributed by atoms with Gasteiger partial charge in [0.15, 0.2) is 5.78 Å². The van der Waals surface area contributed by atoms with Crippen LogP contribution in [0.4, 0.5) is 0 Å². The Hall–Kier alpha value is -2.35. The molecule has 0 radical (unpaired) electrons. The fourth-order valence-electron chi connectivity index (χ4n) is 1.88.